The zero-order valence-corrected chi connectivity index (χ0v) is 8.39. The monoisotopic (exact) mass is 204 g/mol. The molecule has 0 aromatic carbocycles. The molecule has 3 N–H and O–H groups in total. The third kappa shape index (κ3) is 2.03. The van der Waals surface area contributed by atoms with Crippen LogP contribution in [0.1, 0.15) is 25.7 Å². The van der Waals surface area contributed by atoms with E-state index >= 15 is 0 Å². The Morgan fingerprint density at radius 1 is 1.31 bits per heavy atom. The number of rotatable bonds is 4. The lowest BCUT2D eigenvalue weighted by atomic mass is 9.81. The summed E-state index contributed by atoms with van der Waals surface area (Å²) < 4.78 is 25.6. The van der Waals surface area contributed by atoms with Crippen LogP contribution in [-0.4, -0.2) is 26.3 Å². The van der Waals surface area contributed by atoms with E-state index in [1.54, 1.807) is 0 Å². The molecule has 0 aliphatic heterocycles. The smallest absolute Gasteiger partial charge is 0.214 e. The second-order valence-electron chi connectivity index (χ2n) is 4.13. The SMILES string of the molecule is NCC1CC(NS(=O)(=O)C2CC2)C1. The Morgan fingerprint density at radius 3 is 2.38 bits per heavy atom. The molecule has 13 heavy (non-hydrogen) atoms. The maximum Gasteiger partial charge on any atom is 0.214 e. The standard InChI is InChI=1S/C8H16N2O2S/c9-5-6-3-7(4-6)10-13(11,12)8-1-2-8/h6-8,10H,1-5,9H2. The van der Waals surface area contributed by atoms with Crippen molar-refractivity contribution >= 4 is 10.0 Å². The Kier molecular flexibility index (Phi) is 2.33. The van der Waals surface area contributed by atoms with Crippen molar-refractivity contribution in [1.29, 1.82) is 0 Å². The highest BCUT2D eigenvalue weighted by Gasteiger charge is 2.39. The van der Waals surface area contributed by atoms with Crippen LogP contribution in [0.25, 0.3) is 0 Å². The molecule has 76 valence electrons. The Morgan fingerprint density at radius 2 is 1.92 bits per heavy atom. The van der Waals surface area contributed by atoms with E-state index in [1.807, 2.05) is 0 Å². The lowest BCUT2D eigenvalue weighted by molar-refractivity contribution is 0.255. The van der Waals surface area contributed by atoms with Gasteiger partial charge in [0.05, 0.1) is 5.25 Å². The van der Waals surface area contributed by atoms with Crippen molar-refractivity contribution in [1.82, 2.24) is 4.72 Å². The zero-order chi connectivity index (χ0) is 9.47. The van der Waals surface area contributed by atoms with Crippen LogP contribution < -0.4 is 10.5 Å². The predicted molar refractivity (Wildman–Crippen MR) is 50.6 cm³/mol. The molecule has 0 unspecified atom stereocenters. The lowest BCUT2D eigenvalue weighted by Gasteiger charge is -2.34. The van der Waals surface area contributed by atoms with Gasteiger partial charge >= 0.3 is 0 Å². The molecule has 0 radical (unpaired) electrons. The van der Waals surface area contributed by atoms with E-state index in [4.69, 9.17) is 5.73 Å². The van der Waals surface area contributed by atoms with Crippen molar-refractivity contribution in [3.63, 3.8) is 0 Å². The summed E-state index contributed by atoms with van der Waals surface area (Å²) in [4.78, 5) is 0. The van der Waals surface area contributed by atoms with Crippen LogP contribution in [0.5, 0.6) is 0 Å². The highest BCUT2D eigenvalue weighted by molar-refractivity contribution is 7.90. The van der Waals surface area contributed by atoms with E-state index < -0.39 is 10.0 Å². The minimum absolute atomic E-state index is 0.0931. The van der Waals surface area contributed by atoms with E-state index in [1.165, 1.54) is 0 Å². The van der Waals surface area contributed by atoms with E-state index in [-0.39, 0.29) is 11.3 Å². The molecule has 2 aliphatic carbocycles. The molecule has 5 heteroatoms. The molecule has 2 fully saturated rings. The predicted octanol–water partition coefficient (Wildman–Crippen LogP) is -0.194. The van der Waals surface area contributed by atoms with Gasteiger partial charge in [0.25, 0.3) is 0 Å². The molecule has 4 nitrogen and oxygen atoms in total. The number of hydrogen-bond donors (Lipinski definition) is 2. The van der Waals surface area contributed by atoms with Crippen molar-refractivity contribution in [2.45, 2.75) is 37.0 Å². The van der Waals surface area contributed by atoms with Crippen LogP contribution in [0.4, 0.5) is 0 Å². The van der Waals surface area contributed by atoms with Gasteiger partial charge in [-0.2, -0.15) is 0 Å². The van der Waals surface area contributed by atoms with Crippen LogP contribution in [0, 0.1) is 5.92 Å². The Balaban J connectivity index is 1.79. The van der Waals surface area contributed by atoms with Crippen LogP contribution in [0.3, 0.4) is 0 Å². The molecule has 2 rings (SSSR count). The molecule has 2 saturated carbocycles. The minimum Gasteiger partial charge on any atom is -0.330 e. The first kappa shape index (κ1) is 9.43. The maximum absolute atomic E-state index is 11.4. The van der Waals surface area contributed by atoms with Gasteiger partial charge in [0.2, 0.25) is 10.0 Å². The second kappa shape index (κ2) is 3.22. The Bertz CT molecular complexity index is 279. The van der Waals surface area contributed by atoms with Gasteiger partial charge < -0.3 is 5.73 Å². The first-order valence-electron chi connectivity index (χ1n) is 4.83. The molecule has 0 bridgehead atoms. The summed E-state index contributed by atoms with van der Waals surface area (Å²) in [7, 11) is -2.97. The van der Waals surface area contributed by atoms with Gasteiger partial charge in [0.15, 0.2) is 0 Å². The van der Waals surface area contributed by atoms with E-state index in [0.717, 1.165) is 25.7 Å². The highest BCUT2D eigenvalue weighted by Crippen LogP contribution is 2.31. The first-order valence-corrected chi connectivity index (χ1v) is 6.37. The normalized spacial score (nSPS) is 34.2. The molecule has 0 aromatic rings. The van der Waals surface area contributed by atoms with Crippen molar-refractivity contribution in [3.05, 3.63) is 0 Å². The molecule has 0 spiro atoms. The van der Waals surface area contributed by atoms with Crippen molar-refractivity contribution in [3.8, 4) is 0 Å². The summed E-state index contributed by atoms with van der Waals surface area (Å²) in [6, 6.07) is 0.166. The molecule has 0 heterocycles. The average molecular weight is 204 g/mol. The molecule has 0 aromatic heterocycles. The fraction of sp³-hybridized carbons (Fsp3) is 1.00. The van der Waals surface area contributed by atoms with E-state index in [0.29, 0.717) is 12.5 Å². The second-order valence-corrected chi connectivity index (χ2v) is 6.12. The topological polar surface area (TPSA) is 72.2 Å². The van der Waals surface area contributed by atoms with Crippen molar-refractivity contribution < 1.29 is 8.42 Å². The van der Waals surface area contributed by atoms with Gasteiger partial charge in [-0.3, -0.25) is 0 Å². The fourth-order valence-electron chi connectivity index (χ4n) is 1.73. The molecular formula is C8H16N2O2S. The summed E-state index contributed by atoms with van der Waals surface area (Å²) in [5.41, 5.74) is 5.45. The maximum atomic E-state index is 11.4. The van der Waals surface area contributed by atoms with Gasteiger partial charge in [0.1, 0.15) is 0 Å². The largest absolute Gasteiger partial charge is 0.330 e. The van der Waals surface area contributed by atoms with Crippen LogP contribution in [0.15, 0.2) is 0 Å². The van der Waals surface area contributed by atoms with Gasteiger partial charge in [-0.05, 0) is 38.1 Å². The van der Waals surface area contributed by atoms with Crippen LogP contribution >= 0.6 is 0 Å². The summed E-state index contributed by atoms with van der Waals surface area (Å²) in [6.45, 7) is 0.682. The first-order chi connectivity index (χ1) is 6.12. The fourth-order valence-corrected chi connectivity index (χ4v) is 3.34. The summed E-state index contributed by atoms with van der Waals surface area (Å²) in [5, 5.41) is -0.0931. The van der Waals surface area contributed by atoms with Gasteiger partial charge in [-0.1, -0.05) is 0 Å². The number of nitrogens with one attached hydrogen (secondary N) is 1. The lowest BCUT2D eigenvalue weighted by Crippen LogP contribution is -2.47. The number of nitrogens with two attached hydrogens (primary N) is 1. The van der Waals surface area contributed by atoms with Crippen LogP contribution in [-0.2, 0) is 10.0 Å². The summed E-state index contributed by atoms with van der Waals surface area (Å²) >= 11 is 0. The van der Waals surface area contributed by atoms with E-state index in [2.05, 4.69) is 4.72 Å². The van der Waals surface area contributed by atoms with Gasteiger partial charge in [-0.15, -0.1) is 0 Å². The zero-order valence-electron chi connectivity index (χ0n) is 7.57. The quantitative estimate of drug-likeness (QED) is 0.666. The molecule has 0 amide bonds. The average Bonchev–Trinajstić information content (AvgIpc) is 2.77. The molecule has 0 atom stereocenters. The van der Waals surface area contributed by atoms with Crippen molar-refractivity contribution in [2.24, 2.45) is 11.7 Å². The third-order valence-electron chi connectivity index (χ3n) is 2.86. The number of hydrogen-bond acceptors (Lipinski definition) is 3. The molecule has 2 aliphatic rings. The molecule has 0 saturated heterocycles. The highest BCUT2D eigenvalue weighted by atomic mass is 32.2. The summed E-state index contributed by atoms with van der Waals surface area (Å²) in [6.07, 6.45) is 3.51. The van der Waals surface area contributed by atoms with E-state index in [9.17, 15) is 8.42 Å². The Labute approximate surface area is 78.9 Å². The third-order valence-corrected chi connectivity index (χ3v) is 4.87. The minimum atomic E-state index is -2.97. The van der Waals surface area contributed by atoms with Crippen molar-refractivity contribution in [2.75, 3.05) is 6.54 Å². The van der Waals surface area contributed by atoms with Gasteiger partial charge in [0, 0.05) is 6.04 Å². The Hall–Kier alpha value is -0.130. The molecular weight excluding hydrogens is 188 g/mol. The van der Waals surface area contributed by atoms with Crippen LogP contribution in [0.2, 0.25) is 0 Å². The number of sulfonamides is 1. The summed E-state index contributed by atoms with van der Waals surface area (Å²) in [5.74, 6) is 0.534. The van der Waals surface area contributed by atoms with Gasteiger partial charge in [-0.25, -0.2) is 13.1 Å².